The number of benzene rings is 1. The van der Waals surface area contributed by atoms with Crippen molar-refractivity contribution in [3.05, 3.63) is 35.5 Å². The van der Waals surface area contributed by atoms with Crippen LogP contribution in [0.25, 0.3) is 10.9 Å². The zero-order valence-electron chi connectivity index (χ0n) is 11.8. The van der Waals surface area contributed by atoms with Crippen molar-refractivity contribution < 1.29 is 15.0 Å². The molecular weight excluding hydrogens is 268 g/mol. The van der Waals surface area contributed by atoms with E-state index in [2.05, 4.69) is 10.3 Å². The van der Waals surface area contributed by atoms with Crippen molar-refractivity contribution in [2.24, 2.45) is 0 Å². The average molecular weight is 288 g/mol. The minimum Gasteiger partial charge on any atom is -0.480 e. The number of para-hydroxylation sites is 1. The number of fused-ring (bicyclic) bond motifs is 3. The molecule has 1 aliphatic rings. The average Bonchev–Trinajstić information content (AvgIpc) is 2.86. The summed E-state index contributed by atoms with van der Waals surface area (Å²) in [4.78, 5) is 14.8. The molecule has 3 rings (SSSR count). The van der Waals surface area contributed by atoms with Gasteiger partial charge in [0.05, 0.1) is 0 Å². The molecule has 0 saturated heterocycles. The van der Waals surface area contributed by atoms with E-state index in [4.69, 9.17) is 5.11 Å². The van der Waals surface area contributed by atoms with Crippen LogP contribution in [0.15, 0.2) is 24.3 Å². The summed E-state index contributed by atoms with van der Waals surface area (Å²) in [7, 11) is 0. The standard InChI is InChI=1S/C16H20N2O3/c19-8-4-3-7-13-15-11(9-14(17-13)16(20)21)10-5-1-2-6-12(10)18-15/h1-2,5-6,13-14,17-19H,3-4,7-9H2,(H,20,21)/t13-,14-/m1/s1. The molecule has 0 unspecified atom stereocenters. The van der Waals surface area contributed by atoms with E-state index >= 15 is 0 Å². The second-order valence-corrected chi connectivity index (χ2v) is 5.60. The van der Waals surface area contributed by atoms with Gasteiger partial charge in [-0.1, -0.05) is 18.2 Å². The van der Waals surface area contributed by atoms with E-state index in [-0.39, 0.29) is 12.6 Å². The number of H-pyrrole nitrogens is 1. The minimum atomic E-state index is -0.807. The number of aromatic amines is 1. The summed E-state index contributed by atoms with van der Waals surface area (Å²) in [5, 5.41) is 22.6. The van der Waals surface area contributed by atoms with E-state index < -0.39 is 12.0 Å². The normalized spacial score (nSPS) is 21.4. The first-order chi connectivity index (χ1) is 10.2. The molecule has 4 N–H and O–H groups in total. The van der Waals surface area contributed by atoms with E-state index in [1.165, 1.54) is 0 Å². The monoisotopic (exact) mass is 288 g/mol. The fourth-order valence-electron chi connectivity index (χ4n) is 3.17. The van der Waals surface area contributed by atoms with Crippen molar-refractivity contribution >= 4 is 16.9 Å². The summed E-state index contributed by atoms with van der Waals surface area (Å²) in [5.74, 6) is -0.807. The molecule has 0 aliphatic carbocycles. The Bertz CT molecular complexity index is 650. The molecule has 0 radical (unpaired) electrons. The van der Waals surface area contributed by atoms with Gasteiger partial charge in [0.25, 0.3) is 0 Å². The molecule has 1 aromatic carbocycles. The van der Waals surface area contributed by atoms with Gasteiger partial charge >= 0.3 is 5.97 Å². The van der Waals surface area contributed by atoms with E-state index in [9.17, 15) is 9.90 Å². The maximum absolute atomic E-state index is 11.4. The molecule has 1 aliphatic heterocycles. The maximum Gasteiger partial charge on any atom is 0.321 e. The van der Waals surface area contributed by atoms with Crippen LogP contribution in [0, 0.1) is 0 Å². The second kappa shape index (κ2) is 5.87. The molecule has 0 amide bonds. The number of aliphatic hydroxyl groups excluding tert-OH is 1. The number of aromatic nitrogens is 1. The molecule has 0 saturated carbocycles. The molecule has 21 heavy (non-hydrogen) atoms. The SMILES string of the molecule is O=C(O)[C@H]1Cc2c([nH]c3ccccc23)[C@@H](CCCCO)N1. The summed E-state index contributed by atoms with van der Waals surface area (Å²) >= 11 is 0. The van der Waals surface area contributed by atoms with Gasteiger partial charge in [-0.05, 0) is 30.9 Å². The maximum atomic E-state index is 11.4. The van der Waals surface area contributed by atoms with E-state index in [1.807, 2.05) is 24.3 Å². The third-order valence-electron chi connectivity index (χ3n) is 4.20. The van der Waals surface area contributed by atoms with Crippen molar-refractivity contribution in [1.29, 1.82) is 0 Å². The molecule has 0 bridgehead atoms. The molecule has 5 heteroatoms. The van der Waals surface area contributed by atoms with Gasteiger partial charge in [-0.3, -0.25) is 10.1 Å². The molecule has 1 aromatic heterocycles. The number of carbonyl (C=O) groups is 1. The lowest BCUT2D eigenvalue weighted by molar-refractivity contribution is -0.139. The number of aliphatic hydroxyl groups is 1. The highest BCUT2D eigenvalue weighted by atomic mass is 16.4. The van der Waals surface area contributed by atoms with E-state index in [1.54, 1.807) is 0 Å². The fourth-order valence-corrected chi connectivity index (χ4v) is 3.17. The van der Waals surface area contributed by atoms with Gasteiger partial charge in [-0.25, -0.2) is 0 Å². The Hall–Kier alpha value is -1.85. The first kappa shape index (κ1) is 14.1. The summed E-state index contributed by atoms with van der Waals surface area (Å²) in [5.41, 5.74) is 3.28. The number of hydrogen-bond acceptors (Lipinski definition) is 3. The first-order valence-electron chi connectivity index (χ1n) is 7.40. The van der Waals surface area contributed by atoms with Crippen LogP contribution in [0.3, 0.4) is 0 Å². The molecule has 2 aromatic rings. The Balaban J connectivity index is 1.96. The van der Waals surface area contributed by atoms with E-state index in [0.29, 0.717) is 6.42 Å². The number of hydrogen-bond donors (Lipinski definition) is 4. The molecule has 2 heterocycles. The minimum absolute atomic E-state index is 0.00815. The zero-order valence-corrected chi connectivity index (χ0v) is 11.8. The summed E-state index contributed by atoms with van der Waals surface area (Å²) in [6.07, 6.45) is 2.94. The first-order valence-corrected chi connectivity index (χ1v) is 7.40. The quantitative estimate of drug-likeness (QED) is 0.634. The van der Waals surface area contributed by atoms with Gasteiger partial charge in [0.2, 0.25) is 0 Å². The molecule has 112 valence electrons. The van der Waals surface area contributed by atoms with Crippen molar-refractivity contribution in [2.75, 3.05) is 6.61 Å². The molecule has 2 atom stereocenters. The van der Waals surface area contributed by atoms with Crippen LogP contribution < -0.4 is 5.32 Å². The number of aliphatic carboxylic acids is 1. The number of unbranched alkanes of at least 4 members (excludes halogenated alkanes) is 1. The van der Waals surface area contributed by atoms with Crippen LogP contribution in [0.1, 0.15) is 36.6 Å². The summed E-state index contributed by atoms with van der Waals surface area (Å²) in [6.45, 7) is 0.175. The van der Waals surface area contributed by atoms with Crippen LogP contribution in [-0.4, -0.2) is 33.8 Å². The van der Waals surface area contributed by atoms with Crippen molar-refractivity contribution in [1.82, 2.24) is 10.3 Å². The fraction of sp³-hybridized carbons (Fsp3) is 0.438. The van der Waals surface area contributed by atoms with Crippen molar-refractivity contribution in [3.8, 4) is 0 Å². The van der Waals surface area contributed by atoms with Crippen LogP contribution in [-0.2, 0) is 11.2 Å². The Labute approximate surface area is 123 Å². The van der Waals surface area contributed by atoms with Crippen molar-refractivity contribution in [3.63, 3.8) is 0 Å². The predicted molar refractivity (Wildman–Crippen MR) is 80.2 cm³/mol. The van der Waals surface area contributed by atoms with Gasteiger partial charge in [0, 0.05) is 35.7 Å². The number of carboxylic acids is 1. The smallest absolute Gasteiger partial charge is 0.321 e. The third kappa shape index (κ3) is 2.66. The Morgan fingerprint density at radius 2 is 2.10 bits per heavy atom. The van der Waals surface area contributed by atoms with Gasteiger partial charge in [-0.2, -0.15) is 0 Å². The van der Waals surface area contributed by atoms with Gasteiger partial charge in [-0.15, -0.1) is 0 Å². The number of nitrogens with one attached hydrogen (secondary N) is 2. The predicted octanol–water partition coefficient (Wildman–Crippen LogP) is 1.97. The summed E-state index contributed by atoms with van der Waals surface area (Å²) in [6, 6.07) is 7.49. The number of rotatable bonds is 5. The lowest BCUT2D eigenvalue weighted by Gasteiger charge is -2.29. The highest BCUT2D eigenvalue weighted by Gasteiger charge is 2.32. The Morgan fingerprint density at radius 1 is 1.29 bits per heavy atom. The Morgan fingerprint density at radius 3 is 2.86 bits per heavy atom. The van der Waals surface area contributed by atoms with Crippen LogP contribution >= 0.6 is 0 Å². The molecule has 5 nitrogen and oxygen atoms in total. The van der Waals surface area contributed by atoms with Gasteiger partial charge < -0.3 is 15.2 Å². The van der Waals surface area contributed by atoms with Crippen molar-refractivity contribution in [2.45, 2.75) is 37.8 Å². The topological polar surface area (TPSA) is 85.3 Å². The highest BCUT2D eigenvalue weighted by Crippen LogP contribution is 2.34. The Kier molecular flexibility index (Phi) is 3.94. The second-order valence-electron chi connectivity index (χ2n) is 5.60. The van der Waals surface area contributed by atoms with Gasteiger partial charge in [0.15, 0.2) is 0 Å². The molecular formula is C16H20N2O3. The zero-order chi connectivity index (χ0) is 14.8. The lowest BCUT2D eigenvalue weighted by atomic mass is 9.91. The van der Waals surface area contributed by atoms with Crippen LogP contribution in [0.4, 0.5) is 0 Å². The van der Waals surface area contributed by atoms with Crippen LogP contribution in [0.5, 0.6) is 0 Å². The van der Waals surface area contributed by atoms with Crippen LogP contribution in [0.2, 0.25) is 0 Å². The largest absolute Gasteiger partial charge is 0.480 e. The number of carboxylic acid groups (broad SMARTS) is 1. The van der Waals surface area contributed by atoms with E-state index in [0.717, 1.165) is 41.4 Å². The highest BCUT2D eigenvalue weighted by molar-refractivity contribution is 5.86. The molecule has 0 spiro atoms. The lowest BCUT2D eigenvalue weighted by Crippen LogP contribution is -2.44. The third-order valence-corrected chi connectivity index (χ3v) is 4.20. The van der Waals surface area contributed by atoms with Gasteiger partial charge in [0.1, 0.15) is 6.04 Å². The summed E-state index contributed by atoms with van der Waals surface area (Å²) < 4.78 is 0. The molecule has 0 fully saturated rings.